The molecule has 0 unspecified atom stereocenters. The number of hydrogen-bond donors (Lipinski definition) is 1. The molecule has 0 atom stereocenters. The topological polar surface area (TPSA) is 46.2 Å². The number of nitrogens with one attached hydrogen (secondary N) is 1. The molecule has 2 fully saturated rings. The van der Waals surface area contributed by atoms with Crippen molar-refractivity contribution in [1.29, 1.82) is 0 Å². The zero-order valence-electron chi connectivity index (χ0n) is 7.83. The van der Waals surface area contributed by atoms with E-state index in [9.17, 15) is 8.42 Å². The molecule has 0 bridgehead atoms. The van der Waals surface area contributed by atoms with E-state index in [1.165, 1.54) is 0 Å². The Balaban J connectivity index is 1.88. The summed E-state index contributed by atoms with van der Waals surface area (Å²) in [5.74, 6) is 0.867. The molecule has 76 valence electrons. The molecule has 0 spiro atoms. The molecular formula is C9H17NO2S. The standard InChI is InChI=1S/C9H17NO2S/c11-13(12,9-1-2-9)7-8-3-5-10-6-4-8/h8-10H,1-7H2. The molecule has 1 N–H and O–H groups in total. The Kier molecular flexibility index (Phi) is 2.60. The van der Waals surface area contributed by atoms with Crippen molar-refractivity contribution in [2.24, 2.45) is 5.92 Å². The second-order valence-electron chi connectivity index (χ2n) is 4.22. The number of sulfone groups is 1. The van der Waals surface area contributed by atoms with Crippen LogP contribution in [0.25, 0.3) is 0 Å². The summed E-state index contributed by atoms with van der Waals surface area (Å²) in [6.45, 7) is 1.98. The summed E-state index contributed by atoms with van der Waals surface area (Å²) >= 11 is 0. The van der Waals surface area contributed by atoms with Crippen LogP contribution in [-0.2, 0) is 9.84 Å². The molecule has 4 heteroatoms. The van der Waals surface area contributed by atoms with Crippen molar-refractivity contribution in [3.63, 3.8) is 0 Å². The number of piperidine rings is 1. The van der Waals surface area contributed by atoms with E-state index in [4.69, 9.17) is 0 Å². The summed E-state index contributed by atoms with van der Waals surface area (Å²) in [6, 6.07) is 0. The quantitative estimate of drug-likeness (QED) is 0.729. The fourth-order valence-corrected chi connectivity index (χ4v) is 4.06. The third-order valence-corrected chi connectivity index (χ3v) is 5.38. The summed E-state index contributed by atoms with van der Waals surface area (Å²) in [4.78, 5) is 0. The molecule has 0 amide bonds. The van der Waals surface area contributed by atoms with E-state index in [1.807, 2.05) is 0 Å². The second kappa shape index (κ2) is 3.58. The van der Waals surface area contributed by atoms with Crippen LogP contribution in [-0.4, -0.2) is 32.5 Å². The largest absolute Gasteiger partial charge is 0.317 e. The minimum absolute atomic E-state index is 0.0300. The van der Waals surface area contributed by atoms with Crippen LogP contribution in [0.2, 0.25) is 0 Å². The van der Waals surface area contributed by atoms with E-state index in [-0.39, 0.29) is 5.25 Å². The van der Waals surface area contributed by atoms with Gasteiger partial charge in [-0.1, -0.05) is 0 Å². The smallest absolute Gasteiger partial charge is 0.153 e. The molecule has 0 aromatic heterocycles. The Bertz CT molecular complexity index is 263. The summed E-state index contributed by atoms with van der Waals surface area (Å²) in [5, 5.41) is 3.28. The van der Waals surface area contributed by atoms with Gasteiger partial charge < -0.3 is 5.32 Å². The zero-order valence-corrected chi connectivity index (χ0v) is 8.65. The van der Waals surface area contributed by atoms with Gasteiger partial charge in [-0.3, -0.25) is 0 Å². The first-order chi connectivity index (χ1) is 6.18. The van der Waals surface area contributed by atoms with Crippen molar-refractivity contribution in [1.82, 2.24) is 5.32 Å². The third kappa shape index (κ3) is 2.44. The van der Waals surface area contributed by atoms with Gasteiger partial charge in [0.2, 0.25) is 0 Å². The highest BCUT2D eigenvalue weighted by Gasteiger charge is 2.37. The van der Waals surface area contributed by atoms with E-state index >= 15 is 0 Å². The van der Waals surface area contributed by atoms with Crippen LogP contribution in [0.5, 0.6) is 0 Å². The van der Waals surface area contributed by atoms with Crippen LogP contribution in [0.3, 0.4) is 0 Å². The summed E-state index contributed by atoms with van der Waals surface area (Å²) in [7, 11) is -2.71. The lowest BCUT2D eigenvalue weighted by Crippen LogP contribution is -2.32. The van der Waals surface area contributed by atoms with Gasteiger partial charge in [0.25, 0.3) is 0 Å². The highest BCUT2D eigenvalue weighted by atomic mass is 32.2. The van der Waals surface area contributed by atoms with Crippen molar-refractivity contribution in [2.75, 3.05) is 18.8 Å². The van der Waals surface area contributed by atoms with Crippen LogP contribution < -0.4 is 5.32 Å². The Hall–Kier alpha value is -0.0900. The predicted molar refractivity (Wildman–Crippen MR) is 52.4 cm³/mol. The number of hydrogen-bond acceptors (Lipinski definition) is 3. The summed E-state index contributed by atoms with van der Waals surface area (Å²) in [6.07, 6.45) is 3.89. The molecule has 0 aromatic rings. The third-order valence-electron chi connectivity index (χ3n) is 2.96. The van der Waals surface area contributed by atoms with E-state index in [0.29, 0.717) is 11.7 Å². The van der Waals surface area contributed by atoms with Gasteiger partial charge in [-0.15, -0.1) is 0 Å². The fraction of sp³-hybridized carbons (Fsp3) is 1.00. The van der Waals surface area contributed by atoms with Crippen LogP contribution in [0.1, 0.15) is 25.7 Å². The zero-order chi connectivity index (χ0) is 9.31. The van der Waals surface area contributed by atoms with Crippen molar-refractivity contribution in [2.45, 2.75) is 30.9 Å². The van der Waals surface area contributed by atoms with Crippen molar-refractivity contribution in [3.05, 3.63) is 0 Å². The van der Waals surface area contributed by atoms with E-state index in [1.54, 1.807) is 0 Å². The molecule has 0 aromatic carbocycles. The van der Waals surface area contributed by atoms with E-state index < -0.39 is 9.84 Å². The lowest BCUT2D eigenvalue weighted by molar-refractivity contribution is 0.401. The van der Waals surface area contributed by atoms with Gasteiger partial charge in [-0.05, 0) is 44.7 Å². The maximum atomic E-state index is 11.6. The second-order valence-corrected chi connectivity index (χ2v) is 6.55. The lowest BCUT2D eigenvalue weighted by Gasteiger charge is -2.22. The molecule has 1 aliphatic carbocycles. The Morgan fingerprint density at radius 3 is 2.23 bits per heavy atom. The van der Waals surface area contributed by atoms with E-state index in [0.717, 1.165) is 38.8 Å². The SMILES string of the molecule is O=S(=O)(CC1CCNCC1)C1CC1. The van der Waals surface area contributed by atoms with Crippen LogP contribution in [0.15, 0.2) is 0 Å². The predicted octanol–water partition coefficient (Wildman–Crippen LogP) is 0.563. The van der Waals surface area contributed by atoms with Gasteiger partial charge in [0.15, 0.2) is 9.84 Å². The van der Waals surface area contributed by atoms with Gasteiger partial charge in [0, 0.05) is 0 Å². The highest BCUT2D eigenvalue weighted by Crippen LogP contribution is 2.31. The minimum Gasteiger partial charge on any atom is -0.317 e. The van der Waals surface area contributed by atoms with Crippen molar-refractivity contribution >= 4 is 9.84 Å². The minimum atomic E-state index is -2.71. The molecule has 1 heterocycles. The molecule has 13 heavy (non-hydrogen) atoms. The normalized spacial score (nSPS) is 26.2. The molecule has 0 radical (unpaired) electrons. The first kappa shape index (κ1) is 9.46. The fourth-order valence-electron chi connectivity index (χ4n) is 1.94. The van der Waals surface area contributed by atoms with Gasteiger partial charge in [0.05, 0.1) is 11.0 Å². The van der Waals surface area contributed by atoms with Gasteiger partial charge in [-0.2, -0.15) is 0 Å². The van der Waals surface area contributed by atoms with Crippen LogP contribution in [0, 0.1) is 5.92 Å². The molecule has 1 aliphatic heterocycles. The molecule has 1 saturated carbocycles. The molecule has 3 nitrogen and oxygen atoms in total. The average molecular weight is 203 g/mol. The van der Waals surface area contributed by atoms with Gasteiger partial charge in [-0.25, -0.2) is 8.42 Å². The first-order valence-corrected chi connectivity index (χ1v) is 6.82. The van der Waals surface area contributed by atoms with Crippen LogP contribution in [0.4, 0.5) is 0 Å². The maximum Gasteiger partial charge on any atom is 0.153 e. The molecule has 2 aliphatic rings. The average Bonchev–Trinajstić information content (AvgIpc) is 2.87. The lowest BCUT2D eigenvalue weighted by atomic mass is 10.0. The van der Waals surface area contributed by atoms with Crippen molar-refractivity contribution < 1.29 is 8.42 Å². The molecule has 1 saturated heterocycles. The Labute approximate surface area is 79.8 Å². The van der Waals surface area contributed by atoms with Gasteiger partial charge >= 0.3 is 0 Å². The maximum absolute atomic E-state index is 11.6. The van der Waals surface area contributed by atoms with Crippen LogP contribution >= 0.6 is 0 Å². The van der Waals surface area contributed by atoms with Crippen molar-refractivity contribution in [3.8, 4) is 0 Å². The summed E-state index contributed by atoms with van der Waals surface area (Å²) < 4.78 is 23.3. The highest BCUT2D eigenvalue weighted by molar-refractivity contribution is 7.92. The van der Waals surface area contributed by atoms with E-state index in [2.05, 4.69) is 5.32 Å². The van der Waals surface area contributed by atoms with Gasteiger partial charge in [0.1, 0.15) is 0 Å². The molecular weight excluding hydrogens is 186 g/mol. The molecule has 2 rings (SSSR count). The monoisotopic (exact) mass is 203 g/mol. The first-order valence-electron chi connectivity index (χ1n) is 5.11. The Morgan fingerprint density at radius 1 is 1.08 bits per heavy atom. The Morgan fingerprint density at radius 2 is 1.69 bits per heavy atom. The summed E-state index contributed by atoms with van der Waals surface area (Å²) in [5.41, 5.74) is 0. The number of rotatable bonds is 3.